The number of amides is 1. The van der Waals surface area contributed by atoms with Crippen LogP contribution >= 0.6 is 0 Å². The average Bonchev–Trinajstić information content (AvgIpc) is 3.19. The first-order chi connectivity index (χ1) is 8.58. The molecule has 1 aliphatic heterocycles. The van der Waals surface area contributed by atoms with Gasteiger partial charge in [-0.25, -0.2) is 0 Å². The molecule has 1 amide bonds. The number of hydrogen-bond donors (Lipinski definition) is 0. The summed E-state index contributed by atoms with van der Waals surface area (Å²) in [4.78, 5) is 25.5. The summed E-state index contributed by atoms with van der Waals surface area (Å²) < 4.78 is 5.16. The molecule has 1 saturated carbocycles. The number of carbonyl (C=O) groups is 2. The van der Waals surface area contributed by atoms with Crippen molar-refractivity contribution in [3.63, 3.8) is 0 Å². The predicted octanol–water partition coefficient (Wildman–Crippen LogP) is 1.75. The zero-order valence-corrected chi connectivity index (χ0v) is 11.0. The number of esters is 1. The van der Waals surface area contributed by atoms with Crippen molar-refractivity contribution in [2.24, 2.45) is 11.8 Å². The van der Waals surface area contributed by atoms with Crippen molar-refractivity contribution in [1.29, 1.82) is 0 Å². The van der Waals surface area contributed by atoms with E-state index in [1.165, 1.54) is 0 Å². The van der Waals surface area contributed by atoms with Crippen LogP contribution in [0.4, 0.5) is 0 Å². The van der Waals surface area contributed by atoms with E-state index in [2.05, 4.69) is 6.58 Å². The van der Waals surface area contributed by atoms with Gasteiger partial charge >= 0.3 is 5.97 Å². The zero-order valence-electron chi connectivity index (χ0n) is 11.0. The Bertz CT molecular complexity index is 352. The molecule has 0 radical (unpaired) electrons. The maximum absolute atomic E-state index is 11.9. The van der Waals surface area contributed by atoms with Crippen LogP contribution in [0.3, 0.4) is 0 Å². The van der Waals surface area contributed by atoms with Crippen LogP contribution in [0.25, 0.3) is 0 Å². The van der Waals surface area contributed by atoms with E-state index in [1.807, 2.05) is 11.8 Å². The fraction of sp³-hybridized carbons (Fsp3) is 0.714. The second kappa shape index (κ2) is 5.55. The van der Waals surface area contributed by atoms with Crippen molar-refractivity contribution in [3.05, 3.63) is 12.2 Å². The van der Waals surface area contributed by atoms with Crippen LogP contribution in [0.5, 0.6) is 0 Å². The van der Waals surface area contributed by atoms with Crippen LogP contribution in [0.15, 0.2) is 12.2 Å². The summed E-state index contributed by atoms with van der Waals surface area (Å²) in [5.74, 6) is 0.366. The van der Waals surface area contributed by atoms with Crippen LogP contribution in [0.1, 0.15) is 32.6 Å². The summed E-state index contributed by atoms with van der Waals surface area (Å²) in [6.45, 7) is 7.24. The minimum atomic E-state index is -0.142. The molecule has 4 heteroatoms. The van der Waals surface area contributed by atoms with E-state index in [4.69, 9.17) is 4.74 Å². The van der Waals surface area contributed by atoms with Gasteiger partial charge in [-0.05, 0) is 38.2 Å². The quantitative estimate of drug-likeness (QED) is 0.565. The smallest absolute Gasteiger partial charge is 0.309 e. The second-order valence-electron chi connectivity index (χ2n) is 5.44. The minimum Gasteiger partial charge on any atom is -0.461 e. The summed E-state index contributed by atoms with van der Waals surface area (Å²) >= 11 is 0. The van der Waals surface area contributed by atoms with Crippen LogP contribution in [0, 0.1) is 11.8 Å². The third-order valence-corrected chi connectivity index (χ3v) is 3.53. The summed E-state index contributed by atoms with van der Waals surface area (Å²) in [5.41, 5.74) is 0.852. The molecule has 0 aromatic carbocycles. The Kier molecular flexibility index (Phi) is 4.04. The van der Waals surface area contributed by atoms with Crippen molar-refractivity contribution < 1.29 is 14.3 Å². The van der Waals surface area contributed by atoms with Gasteiger partial charge in [-0.15, -0.1) is 0 Å². The summed E-state index contributed by atoms with van der Waals surface area (Å²) in [7, 11) is 0. The molecule has 1 heterocycles. The molecular formula is C14H21NO3. The first-order valence-corrected chi connectivity index (χ1v) is 6.67. The summed E-state index contributed by atoms with van der Waals surface area (Å²) in [6, 6.07) is 0. The largest absolute Gasteiger partial charge is 0.461 e. The fourth-order valence-corrected chi connectivity index (χ4v) is 2.24. The number of likely N-dealkylation sites (tertiary alicyclic amines) is 1. The van der Waals surface area contributed by atoms with E-state index >= 15 is 0 Å². The predicted molar refractivity (Wildman–Crippen MR) is 67.8 cm³/mol. The number of hydrogen-bond acceptors (Lipinski definition) is 3. The molecule has 1 saturated heterocycles. The summed E-state index contributed by atoms with van der Waals surface area (Å²) in [5, 5.41) is 0. The molecule has 4 nitrogen and oxygen atoms in total. The van der Waals surface area contributed by atoms with Gasteiger partial charge in [-0.1, -0.05) is 6.58 Å². The molecule has 0 unspecified atom stereocenters. The maximum atomic E-state index is 11.9. The molecule has 18 heavy (non-hydrogen) atoms. The lowest BCUT2D eigenvalue weighted by Crippen LogP contribution is -2.41. The van der Waals surface area contributed by atoms with Crippen LogP contribution < -0.4 is 0 Å². The van der Waals surface area contributed by atoms with Gasteiger partial charge in [0.05, 0.1) is 5.92 Å². The molecule has 0 atom stereocenters. The Hall–Kier alpha value is -1.32. The Morgan fingerprint density at radius 3 is 2.28 bits per heavy atom. The van der Waals surface area contributed by atoms with Crippen molar-refractivity contribution in [1.82, 2.24) is 4.90 Å². The second-order valence-corrected chi connectivity index (χ2v) is 5.44. The van der Waals surface area contributed by atoms with E-state index in [9.17, 15) is 9.59 Å². The number of carbonyl (C=O) groups excluding carboxylic acids is 2. The van der Waals surface area contributed by atoms with E-state index in [-0.39, 0.29) is 23.7 Å². The maximum Gasteiger partial charge on any atom is 0.309 e. The SMILES string of the molecule is C=C(C)COC(=O)C1CCN(C(=O)C2CC2)CC1. The Balaban J connectivity index is 1.73. The molecule has 0 aromatic rings. The lowest BCUT2D eigenvalue weighted by atomic mass is 9.96. The van der Waals surface area contributed by atoms with Crippen molar-refractivity contribution in [3.8, 4) is 0 Å². The number of piperidine rings is 1. The standard InChI is InChI=1S/C14H21NO3/c1-10(2)9-18-14(17)12-5-7-15(8-6-12)13(16)11-3-4-11/h11-12H,1,3-9H2,2H3. The van der Waals surface area contributed by atoms with Gasteiger partial charge < -0.3 is 9.64 Å². The highest BCUT2D eigenvalue weighted by Crippen LogP contribution is 2.32. The molecule has 100 valence electrons. The summed E-state index contributed by atoms with van der Waals surface area (Å²) in [6.07, 6.45) is 3.54. The highest BCUT2D eigenvalue weighted by Gasteiger charge is 2.36. The molecule has 0 aromatic heterocycles. The zero-order chi connectivity index (χ0) is 13.1. The Labute approximate surface area is 108 Å². The number of nitrogens with zero attached hydrogens (tertiary/aromatic N) is 1. The first kappa shape index (κ1) is 13.1. The first-order valence-electron chi connectivity index (χ1n) is 6.67. The molecular weight excluding hydrogens is 230 g/mol. The van der Waals surface area contributed by atoms with Crippen molar-refractivity contribution >= 4 is 11.9 Å². The molecule has 2 fully saturated rings. The van der Waals surface area contributed by atoms with Crippen LogP contribution in [0.2, 0.25) is 0 Å². The van der Waals surface area contributed by atoms with Crippen LogP contribution in [-0.4, -0.2) is 36.5 Å². The molecule has 2 rings (SSSR count). The average molecular weight is 251 g/mol. The Morgan fingerprint density at radius 1 is 1.17 bits per heavy atom. The van der Waals surface area contributed by atoms with E-state index in [0.29, 0.717) is 19.7 Å². The van der Waals surface area contributed by atoms with Gasteiger partial charge in [-0.2, -0.15) is 0 Å². The minimum absolute atomic E-state index is 0.0485. The molecule has 0 bridgehead atoms. The molecule has 0 N–H and O–H groups in total. The normalized spacial score (nSPS) is 20.6. The highest BCUT2D eigenvalue weighted by atomic mass is 16.5. The van der Waals surface area contributed by atoms with E-state index < -0.39 is 0 Å². The van der Waals surface area contributed by atoms with Gasteiger partial charge in [-0.3, -0.25) is 9.59 Å². The van der Waals surface area contributed by atoms with Crippen molar-refractivity contribution in [2.75, 3.05) is 19.7 Å². The van der Waals surface area contributed by atoms with E-state index in [1.54, 1.807) is 0 Å². The van der Waals surface area contributed by atoms with Gasteiger partial charge in [0, 0.05) is 19.0 Å². The van der Waals surface area contributed by atoms with Gasteiger partial charge in [0.1, 0.15) is 6.61 Å². The lowest BCUT2D eigenvalue weighted by molar-refractivity contribution is -0.151. The molecule has 0 spiro atoms. The van der Waals surface area contributed by atoms with Gasteiger partial charge in [0.2, 0.25) is 5.91 Å². The fourth-order valence-electron chi connectivity index (χ4n) is 2.24. The van der Waals surface area contributed by atoms with Gasteiger partial charge in [0.15, 0.2) is 0 Å². The molecule has 1 aliphatic carbocycles. The lowest BCUT2D eigenvalue weighted by Gasteiger charge is -2.31. The molecule has 2 aliphatic rings. The highest BCUT2D eigenvalue weighted by molar-refractivity contribution is 5.81. The number of ether oxygens (including phenoxy) is 1. The topological polar surface area (TPSA) is 46.6 Å². The van der Waals surface area contributed by atoms with Gasteiger partial charge in [0.25, 0.3) is 0 Å². The Morgan fingerprint density at radius 2 is 1.78 bits per heavy atom. The van der Waals surface area contributed by atoms with Crippen LogP contribution in [-0.2, 0) is 14.3 Å². The van der Waals surface area contributed by atoms with Crippen molar-refractivity contribution in [2.45, 2.75) is 32.6 Å². The number of rotatable bonds is 4. The monoisotopic (exact) mass is 251 g/mol. The third kappa shape index (κ3) is 3.34. The van der Waals surface area contributed by atoms with E-state index in [0.717, 1.165) is 31.3 Å². The third-order valence-electron chi connectivity index (χ3n) is 3.53.